The lowest BCUT2D eigenvalue weighted by Crippen LogP contribution is -2.34. The maximum Gasteiger partial charge on any atom is 0.402 e. The predicted molar refractivity (Wildman–Crippen MR) is 65.6 cm³/mol. The number of hydrogen-bond donors (Lipinski definition) is 1. The lowest BCUT2D eigenvalue weighted by molar-refractivity contribution is -0.144. The highest BCUT2D eigenvalue weighted by atomic mass is 32.2. The van der Waals surface area contributed by atoms with Crippen molar-refractivity contribution in [2.24, 2.45) is 0 Å². The van der Waals surface area contributed by atoms with Gasteiger partial charge in [0.1, 0.15) is 0 Å². The number of carbonyl (C=O) groups is 1. The van der Waals surface area contributed by atoms with Crippen LogP contribution >= 0.6 is 0 Å². The van der Waals surface area contributed by atoms with E-state index in [9.17, 15) is 22.0 Å². The molecule has 0 saturated heterocycles. The summed E-state index contributed by atoms with van der Waals surface area (Å²) in [7, 11) is -5.61. The number of fused-ring (bicyclic) bond motifs is 1. The third kappa shape index (κ3) is 2.86. The molecule has 1 aromatic carbocycles. The van der Waals surface area contributed by atoms with Crippen molar-refractivity contribution in [2.45, 2.75) is 11.7 Å². The average Bonchev–Trinajstić information content (AvgIpc) is 2.78. The van der Waals surface area contributed by atoms with E-state index < -0.39 is 27.9 Å². The first-order valence-electron chi connectivity index (χ1n) is 5.51. The van der Waals surface area contributed by atoms with Crippen LogP contribution in [0.25, 0.3) is 6.08 Å². The molecule has 0 amide bonds. The molecule has 8 heteroatoms. The zero-order chi connectivity index (χ0) is 15.0. The average molecular weight is 304 g/mol. The summed E-state index contributed by atoms with van der Waals surface area (Å²) in [4.78, 5) is 11.6. The van der Waals surface area contributed by atoms with Crippen molar-refractivity contribution in [3.05, 3.63) is 41.0 Å². The molecule has 0 spiro atoms. The predicted octanol–water partition coefficient (Wildman–Crippen LogP) is 1.65. The molecule has 0 atom stereocenters. The highest BCUT2D eigenvalue weighted by Crippen LogP contribution is 2.26. The van der Waals surface area contributed by atoms with Gasteiger partial charge < -0.3 is 4.74 Å². The van der Waals surface area contributed by atoms with E-state index in [1.165, 1.54) is 6.08 Å². The fourth-order valence-corrected chi connectivity index (χ4v) is 1.94. The minimum absolute atomic E-state index is 0.150. The van der Waals surface area contributed by atoms with Crippen LogP contribution in [0.15, 0.2) is 29.8 Å². The minimum atomic E-state index is -5.61. The van der Waals surface area contributed by atoms with Gasteiger partial charge >= 0.3 is 21.3 Å². The number of halogens is 2. The number of hydrogen-bond acceptors (Lipinski definition) is 4. The smallest absolute Gasteiger partial charge is 0.402 e. The van der Waals surface area contributed by atoms with Crippen LogP contribution in [0, 0.1) is 0 Å². The summed E-state index contributed by atoms with van der Waals surface area (Å²) in [5.41, 5.74) is 1.78. The zero-order valence-corrected chi connectivity index (χ0v) is 10.9. The molecule has 1 aliphatic carbocycles. The number of ether oxygens (including phenoxy) is 1. The van der Waals surface area contributed by atoms with E-state index in [2.05, 4.69) is 4.74 Å². The van der Waals surface area contributed by atoms with Gasteiger partial charge in [0, 0.05) is 12.0 Å². The van der Waals surface area contributed by atoms with E-state index in [4.69, 9.17) is 4.55 Å². The maximum absolute atomic E-state index is 12.9. The van der Waals surface area contributed by atoms with E-state index in [-0.39, 0.29) is 12.0 Å². The summed E-state index contributed by atoms with van der Waals surface area (Å²) in [5.74, 6) is -1.04. The van der Waals surface area contributed by atoms with Crippen LogP contribution in [-0.2, 0) is 26.1 Å². The van der Waals surface area contributed by atoms with Gasteiger partial charge in [0.05, 0.1) is 0 Å². The first kappa shape index (κ1) is 14.6. The SMILES string of the molecule is O=C(OCC(F)(F)S(=O)(=O)O)C1=Cc2ccccc2C1. The quantitative estimate of drug-likeness (QED) is 0.676. The molecule has 0 bridgehead atoms. The van der Waals surface area contributed by atoms with Crippen molar-refractivity contribution >= 4 is 22.2 Å². The van der Waals surface area contributed by atoms with Crippen LogP contribution in [0.3, 0.4) is 0 Å². The van der Waals surface area contributed by atoms with Gasteiger partial charge in [-0.3, -0.25) is 4.55 Å². The second-order valence-electron chi connectivity index (χ2n) is 4.23. The second kappa shape index (κ2) is 4.95. The van der Waals surface area contributed by atoms with E-state index in [1.54, 1.807) is 24.3 Å². The molecule has 1 N–H and O–H groups in total. The third-order valence-electron chi connectivity index (χ3n) is 2.78. The molecule has 0 saturated carbocycles. The summed E-state index contributed by atoms with van der Waals surface area (Å²) in [5, 5.41) is -4.52. The Labute approximate surface area is 113 Å². The van der Waals surface area contributed by atoms with Crippen LogP contribution in [0.5, 0.6) is 0 Å². The van der Waals surface area contributed by atoms with E-state index in [0.717, 1.165) is 11.1 Å². The molecule has 0 aromatic heterocycles. The van der Waals surface area contributed by atoms with Crippen molar-refractivity contribution in [3.63, 3.8) is 0 Å². The number of esters is 1. The highest BCUT2D eigenvalue weighted by molar-refractivity contribution is 7.86. The molecular weight excluding hydrogens is 294 g/mol. The second-order valence-corrected chi connectivity index (χ2v) is 5.78. The largest absolute Gasteiger partial charge is 0.455 e. The molecule has 0 aliphatic heterocycles. The fraction of sp³-hybridized carbons (Fsp3) is 0.250. The van der Waals surface area contributed by atoms with E-state index in [1.807, 2.05) is 0 Å². The van der Waals surface area contributed by atoms with Crippen molar-refractivity contribution < 1.29 is 31.3 Å². The molecule has 5 nitrogen and oxygen atoms in total. The molecule has 0 unspecified atom stereocenters. The van der Waals surface area contributed by atoms with Crippen LogP contribution in [-0.4, -0.2) is 30.8 Å². The van der Waals surface area contributed by atoms with Crippen molar-refractivity contribution in [3.8, 4) is 0 Å². The normalized spacial score (nSPS) is 14.7. The minimum Gasteiger partial charge on any atom is -0.455 e. The molecule has 1 aromatic rings. The summed E-state index contributed by atoms with van der Waals surface area (Å²) < 4.78 is 59.1. The molecule has 0 heterocycles. The number of alkyl halides is 2. The Morgan fingerprint density at radius 1 is 1.35 bits per heavy atom. The van der Waals surface area contributed by atoms with Crippen LogP contribution in [0.2, 0.25) is 0 Å². The van der Waals surface area contributed by atoms with Gasteiger partial charge in [0.2, 0.25) is 0 Å². The lowest BCUT2D eigenvalue weighted by atomic mass is 10.1. The Hall–Kier alpha value is -1.80. The topological polar surface area (TPSA) is 80.7 Å². The van der Waals surface area contributed by atoms with E-state index >= 15 is 0 Å². The van der Waals surface area contributed by atoms with Crippen molar-refractivity contribution in [2.75, 3.05) is 6.61 Å². The van der Waals surface area contributed by atoms with E-state index in [0.29, 0.717) is 0 Å². The molecule has 0 radical (unpaired) electrons. The van der Waals surface area contributed by atoms with Gasteiger partial charge in [0.15, 0.2) is 6.61 Å². The lowest BCUT2D eigenvalue weighted by Gasteiger charge is -2.13. The molecule has 0 fully saturated rings. The van der Waals surface area contributed by atoms with Gasteiger partial charge in [-0.25, -0.2) is 4.79 Å². The van der Waals surface area contributed by atoms with Crippen LogP contribution < -0.4 is 0 Å². The molecule has 2 rings (SSSR count). The zero-order valence-electron chi connectivity index (χ0n) is 10.0. The summed E-state index contributed by atoms with van der Waals surface area (Å²) in [6.45, 7) is -1.72. The van der Waals surface area contributed by atoms with Crippen LogP contribution in [0.4, 0.5) is 8.78 Å². The number of carbonyl (C=O) groups excluding carboxylic acids is 1. The monoisotopic (exact) mass is 304 g/mol. The Kier molecular flexibility index (Phi) is 3.61. The molecule has 1 aliphatic rings. The summed E-state index contributed by atoms with van der Waals surface area (Å²) >= 11 is 0. The Morgan fingerprint density at radius 2 is 2.00 bits per heavy atom. The van der Waals surface area contributed by atoms with Gasteiger partial charge in [0.25, 0.3) is 0 Å². The fourth-order valence-electron chi connectivity index (χ4n) is 1.73. The molecule has 108 valence electrons. The third-order valence-corrected chi connectivity index (χ3v) is 3.65. The Balaban J connectivity index is 2.02. The molecular formula is C12H10F2O5S. The van der Waals surface area contributed by atoms with Gasteiger partial charge in [-0.15, -0.1) is 0 Å². The van der Waals surface area contributed by atoms with Crippen LogP contribution in [0.1, 0.15) is 11.1 Å². The highest BCUT2D eigenvalue weighted by Gasteiger charge is 2.45. The Morgan fingerprint density at radius 3 is 2.60 bits per heavy atom. The first-order valence-corrected chi connectivity index (χ1v) is 6.95. The van der Waals surface area contributed by atoms with Gasteiger partial charge in [-0.1, -0.05) is 24.3 Å². The standard InChI is InChI=1S/C12H10F2O5S/c13-12(14,20(16,17)18)7-19-11(15)10-5-8-3-1-2-4-9(8)6-10/h1-5H,6-7H2,(H,16,17,18). The number of rotatable bonds is 4. The molecule has 20 heavy (non-hydrogen) atoms. The Bertz CT molecular complexity index is 679. The summed E-state index contributed by atoms with van der Waals surface area (Å²) in [6.07, 6.45) is 1.72. The van der Waals surface area contributed by atoms with Gasteiger partial charge in [-0.05, 0) is 17.2 Å². The summed E-state index contributed by atoms with van der Waals surface area (Å²) in [6, 6.07) is 7.06. The van der Waals surface area contributed by atoms with Crippen molar-refractivity contribution in [1.82, 2.24) is 0 Å². The number of benzene rings is 1. The maximum atomic E-state index is 12.9. The van der Waals surface area contributed by atoms with Gasteiger partial charge in [-0.2, -0.15) is 17.2 Å². The van der Waals surface area contributed by atoms with Crippen molar-refractivity contribution in [1.29, 1.82) is 0 Å². The first-order chi connectivity index (χ1) is 9.21.